The Morgan fingerprint density at radius 3 is 2.53 bits per heavy atom. The molecule has 7 nitrogen and oxygen atoms in total. The highest BCUT2D eigenvalue weighted by molar-refractivity contribution is 9.10. The van der Waals surface area contributed by atoms with E-state index in [-0.39, 0.29) is 23.3 Å². The number of carbonyl (C=O) groups is 2. The number of fused-ring (bicyclic) bond motifs is 1. The Bertz CT molecular complexity index is 1200. The summed E-state index contributed by atoms with van der Waals surface area (Å²) < 4.78 is 29.6. The number of nitrogens with zero attached hydrogens (tertiary/aromatic N) is 2. The number of piperidine rings is 1. The molecule has 2 aromatic carbocycles. The molecule has 34 heavy (non-hydrogen) atoms. The number of amides is 2. The monoisotopic (exact) mass is 547 g/mol. The number of rotatable bonds is 6. The number of benzene rings is 2. The number of hydrogen-bond acceptors (Lipinski definition) is 4. The summed E-state index contributed by atoms with van der Waals surface area (Å²) in [5.74, 6) is -0.711. The van der Waals surface area contributed by atoms with Crippen molar-refractivity contribution in [2.75, 3.05) is 29.9 Å². The maximum Gasteiger partial charge on any atom is 0.245 e. The third kappa shape index (κ3) is 4.92. The number of halogens is 1. The van der Waals surface area contributed by atoms with Crippen molar-refractivity contribution in [1.82, 2.24) is 4.31 Å². The fraction of sp³-hybridized carbons (Fsp3) is 0.440. The second kappa shape index (κ2) is 10.2. The maximum absolute atomic E-state index is 13.8. The summed E-state index contributed by atoms with van der Waals surface area (Å²) in [6.07, 6.45) is 3.07. The third-order valence-electron chi connectivity index (χ3n) is 6.60. The van der Waals surface area contributed by atoms with Crippen LogP contribution in [-0.4, -0.2) is 44.2 Å². The average molecular weight is 549 g/mol. The van der Waals surface area contributed by atoms with Crippen molar-refractivity contribution in [3.8, 4) is 0 Å². The Hall–Kier alpha value is -2.23. The lowest BCUT2D eigenvalue weighted by molar-refractivity contribution is -0.121. The molecular formula is C25H30BrN3O4S. The lowest BCUT2D eigenvalue weighted by Gasteiger charge is -2.32. The van der Waals surface area contributed by atoms with E-state index in [1.165, 1.54) is 9.87 Å². The molecule has 4 rings (SSSR count). The normalized spacial score (nSPS) is 18.6. The van der Waals surface area contributed by atoms with Crippen LogP contribution >= 0.6 is 15.9 Å². The summed E-state index contributed by atoms with van der Waals surface area (Å²) in [5, 5.41) is 2.93. The van der Waals surface area contributed by atoms with Crippen molar-refractivity contribution >= 4 is 49.1 Å². The molecule has 0 radical (unpaired) electrons. The van der Waals surface area contributed by atoms with Crippen molar-refractivity contribution in [2.24, 2.45) is 5.92 Å². The van der Waals surface area contributed by atoms with Crippen LogP contribution in [0.3, 0.4) is 0 Å². The van der Waals surface area contributed by atoms with Crippen LogP contribution in [0.5, 0.6) is 0 Å². The van der Waals surface area contributed by atoms with Crippen LogP contribution in [0.4, 0.5) is 11.4 Å². The summed E-state index contributed by atoms with van der Waals surface area (Å²) in [7, 11) is -3.90. The van der Waals surface area contributed by atoms with Gasteiger partial charge in [0.2, 0.25) is 21.8 Å². The van der Waals surface area contributed by atoms with Crippen LogP contribution in [0.15, 0.2) is 45.8 Å². The van der Waals surface area contributed by atoms with Crippen molar-refractivity contribution < 1.29 is 18.0 Å². The predicted octanol–water partition coefficient (Wildman–Crippen LogP) is 4.35. The van der Waals surface area contributed by atoms with Crippen LogP contribution in [-0.2, 0) is 32.5 Å². The standard InChI is InChI=1S/C25H30BrN3O4S/c1-3-17-7-9-21(10-8-17)27-25(31)19-6-5-12-28(16-19)34(32,33)22-15-20(26)14-18-11-13-29(24(18)22)23(30)4-2/h7-10,14-15,19H,3-6,11-13,16H2,1-2H3,(H,27,31)/t19-/m0/s1. The van der Waals surface area contributed by atoms with E-state index in [0.29, 0.717) is 54.6 Å². The highest BCUT2D eigenvalue weighted by atomic mass is 79.9. The molecule has 182 valence electrons. The molecule has 2 aliphatic heterocycles. The van der Waals surface area contributed by atoms with Gasteiger partial charge in [-0.2, -0.15) is 4.31 Å². The summed E-state index contributed by atoms with van der Waals surface area (Å²) in [6, 6.07) is 11.2. The first kappa shape index (κ1) is 24.9. The quantitative estimate of drug-likeness (QED) is 0.582. The number of nitrogens with one attached hydrogen (secondary N) is 1. The molecule has 0 saturated carbocycles. The molecule has 2 heterocycles. The van der Waals surface area contributed by atoms with E-state index in [2.05, 4.69) is 28.2 Å². The van der Waals surface area contributed by atoms with Gasteiger partial charge in [-0.25, -0.2) is 8.42 Å². The van der Waals surface area contributed by atoms with Gasteiger partial charge in [0, 0.05) is 36.2 Å². The van der Waals surface area contributed by atoms with Gasteiger partial charge >= 0.3 is 0 Å². The van der Waals surface area contributed by atoms with E-state index in [9.17, 15) is 18.0 Å². The summed E-state index contributed by atoms with van der Waals surface area (Å²) >= 11 is 3.44. The zero-order chi connectivity index (χ0) is 24.5. The minimum absolute atomic E-state index is 0.0949. The summed E-state index contributed by atoms with van der Waals surface area (Å²) in [6.45, 7) is 4.78. The number of carbonyl (C=O) groups excluding carboxylic acids is 2. The average Bonchev–Trinajstić information content (AvgIpc) is 3.27. The molecule has 2 aromatic rings. The van der Waals surface area contributed by atoms with Gasteiger partial charge in [0.1, 0.15) is 4.90 Å². The van der Waals surface area contributed by atoms with Gasteiger partial charge in [-0.1, -0.05) is 41.9 Å². The lowest BCUT2D eigenvalue weighted by Crippen LogP contribution is -2.44. The number of aryl methyl sites for hydroxylation is 1. The van der Waals surface area contributed by atoms with Gasteiger partial charge in [0.15, 0.2) is 0 Å². The molecule has 2 aliphatic rings. The first-order valence-corrected chi connectivity index (χ1v) is 14.0. The molecule has 0 bridgehead atoms. The molecular weight excluding hydrogens is 518 g/mol. The molecule has 0 spiro atoms. The zero-order valence-corrected chi connectivity index (χ0v) is 21.9. The molecule has 9 heteroatoms. The third-order valence-corrected chi connectivity index (χ3v) is 8.94. The van der Waals surface area contributed by atoms with Crippen molar-refractivity contribution in [1.29, 1.82) is 0 Å². The number of anilines is 2. The van der Waals surface area contributed by atoms with Crippen LogP contribution in [0.2, 0.25) is 0 Å². The van der Waals surface area contributed by atoms with E-state index in [1.807, 2.05) is 30.3 Å². The lowest BCUT2D eigenvalue weighted by atomic mass is 9.98. The van der Waals surface area contributed by atoms with E-state index >= 15 is 0 Å². The van der Waals surface area contributed by atoms with Gasteiger partial charge in [0.05, 0.1) is 11.6 Å². The Morgan fingerprint density at radius 1 is 1.12 bits per heavy atom. The zero-order valence-electron chi connectivity index (χ0n) is 19.5. The van der Waals surface area contributed by atoms with Crippen LogP contribution < -0.4 is 10.2 Å². The number of hydrogen-bond donors (Lipinski definition) is 1. The number of sulfonamides is 1. The van der Waals surface area contributed by atoms with E-state index in [0.717, 1.165) is 12.0 Å². The fourth-order valence-corrected chi connectivity index (χ4v) is 7.13. The van der Waals surface area contributed by atoms with E-state index in [4.69, 9.17) is 0 Å². The topological polar surface area (TPSA) is 86.8 Å². The maximum atomic E-state index is 13.8. The minimum atomic E-state index is -3.90. The summed E-state index contributed by atoms with van der Waals surface area (Å²) in [4.78, 5) is 27.2. The Morgan fingerprint density at radius 2 is 1.85 bits per heavy atom. The molecule has 2 amide bonds. The van der Waals surface area contributed by atoms with Crippen LogP contribution in [0.1, 0.15) is 44.2 Å². The molecule has 1 N–H and O–H groups in total. The van der Waals surface area contributed by atoms with Crippen LogP contribution in [0.25, 0.3) is 0 Å². The fourth-order valence-electron chi connectivity index (χ4n) is 4.69. The second-order valence-electron chi connectivity index (χ2n) is 8.80. The first-order chi connectivity index (χ1) is 16.2. The molecule has 0 aromatic heterocycles. The van der Waals surface area contributed by atoms with Gasteiger partial charge in [0.25, 0.3) is 0 Å². The molecule has 0 unspecified atom stereocenters. The van der Waals surface area contributed by atoms with Crippen LogP contribution in [0, 0.1) is 5.92 Å². The van der Waals surface area contributed by atoms with Gasteiger partial charge in [-0.3, -0.25) is 9.59 Å². The molecule has 1 saturated heterocycles. The molecule has 0 aliphatic carbocycles. The molecule has 1 atom stereocenters. The summed E-state index contributed by atoms with van der Waals surface area (Å²) in [5.41, 5.74) is 3.22. The smallest absolute Gasteiger partial charge is 0.245 e. The Labute approximate surface area is 209 Å². The van der Waals surface area contributed by atoms with Gasteiger partial charge in [-0.05, 0) is 61.1 Å². The Balaban J connectivity index is 1.57. The Kier molecular flexibility index (Phi) is 7.45. The molecule has 1 fully saturated rings. The van der Waals surface area contributed by atoms with Gasteiger partial charge < -0.3 is 10.2 Å². The van der Waals surface area contributed by atoms with E-state index in [1.54, 1.807) is 17.9 Å². The minimum Gasteiger partial charge on any atom is -0.326 e. The largest absolute Gasteiger partial charge is 0.326 e. The van der Waals surface area contributed by atoms with Gasteiger partial charge in [-0.15, -0.1) is 0 Å². The van der Waals surface area contributed by atoms with Crippen molar-refractivity contribution in [2.45, 2.75) is 50.8 Å². The first-order valence-electron chi connectivity index (χ1n) is 11.8. The van der Waals surface area contributed by atoms with Crippen molar-refractivity contribution in [3.05, 3.63) is 52.0 Å². The SMILES string of the molecule is CCC(=O)N1CCc2cc(Br)cc(S(=O)(=O)N3CCC[C@H](C(=O)Nc4ccc(CC)cc4)C3)c21. The predicted molar refractivity (Wildman–Crippen MR) is 136 cm³/mol. The van der Waals surface area contributed by atoms with E-state index < -0.39 is 15.9 Å². The highest BCUT2D eigenvalue weighted by Crippen LogP contribution is 2.39. The second-order valence-corrected chi connectivity index (χ2v) is 11.6. The highest BCUT2D eigenvalue weighted by Gasteiger charge is 2.38. The van der Waals surface area contributed by atoms with Crippen molar-refractivity contribution in [3.63, 3.8) is 0 Å².